The predicted octanol–water partition coefficient (Wildman–Crippen LogP) is 2.98. The second-order valence-electron chi connectivity index (χ2n) is 4.05. The fourth-order valence-corrected chi connectivity index (χ4v) is 1.84. The van der Waals surface area contributed by atoms with E-state index in [1.807, 2.05) is 0 Å². The summed E-state index contributed by atoms with van der Waals surface area (Å²) >= 11 is 0. The first-order chi connectivity index (χ1) is 9.54. The van der Waals surface area contributed by atoms with Gasteiger partial charge >= 0.3 is 11.9 Å². The van der Waals surface area contributed by atoms with Crippen LogP contribution in [0.1, 0.15) is 20.7 Å². The quantitative estimate of drug-likeness (QED) is 0.874. The summed E-state index contributed by atoms with van der Waals surface area (Å²) in [7, 11) is 1.11. The van der Waals surface area contributed by atoms with Crippen LogP contribution in [0.4, 0.5) is 4.39 Å². The van der Waals surface area contributed by atoms with Crippen LogP contribution in [0, 0.1) is 5.82 Å². The van der Waals surface area contributed by atoms with Crippen LogP contribution in [-0.4, -0.2) is 24.2 Å². The Balaban J connectivity index is 2.68. The number of carboxylic acid groups (broad SMARTS) is 1. The second kappa shape index (κ2) is 5.52. The average Bonchev–Trinajstić information content (AvgIpc) is 2.47. The van der Waals surface area contributed by atoms with Crippen molar-refractivity contribution >= 4 is 11.9 Å². The summed E-state index contributed by atoms with van der Waals surface area (Å²) in [6.45, 7) is 0. The van der Waals surface area contributed by atoms with Crippen LogP contribution in [-0.2, 0) is 4.74 Å². The van der Waals surface area contributed by atoms with Gasteiger partial charge in [0.1, 0.15) is 0 Å². The third kappa shape index (κ3) is 2.51. The van der Waals surface area contributed by atoms with Crippen molar-refractivity contribution in [1.29, 1.82) is 0 Å². The minimum atomic E-state index is -1.44. The molecule has 1 N–H and O–H groups in total. The number of carbonyl (C=O) groups is 2. The topological polar surface area (TPSA) is 63.6 Å². The monoisotopic (exact) mass is 274 g/mol. The first-order valence-electron chi connectivity index (χ1n) is 5.75. The summed E-state index contributed by atoms with van der Waals surface area (Å²) in [6, 6.07) is 11.3. The van der Waals surface area contributed by atoms with E-state index in [1.54, 1.807) is 30.3 Å². The van der Waals surface area contributed by atoms with Crippen molar-refractivity contribution in [3.05, 3.63) is 59.4 Å². The highest BCUT2D eigenvalue weighted by Gasteiger charge is 2.21. The molecule has 0 saturated heterocycles. The van der Waals surface area contributed by atoms with Crippen LogP contribution < -0.4 is 0 Å². The third-order valence-corrected chi connectivity index (χ3v) is 2.82. The lowest BCUT2D eigenvalue weighted by atomic mass is 9.99. The van der Waals surface area contributed by atoms with E-state index in [0.29, 0.717) is 11.1 Å². The van der Waals surface area contributed by atoms with Crippen LogP contribution in [0.15, 0.2) is 42.5 Å². The smallest absolute Gasteiger partial charge is 0.340 e. The zero-order valence-electron chi connectivity index (χ0n) is 10.6. The molecule has 102 valence electrons. The zero-order valence-corrected chi connectivity index (χ0v) is 10.6. The first-order valence-corrected chi connectivity index (χ1v) is 5.75. The van der Waals surface area contributed by atoms with E-state index in [-0.39, 0.29) is 0 Å². The van der Waals surface area contributed by atoms with Gasteiger partial charge in [0, 0.05) is 0 Å². The van der Waals surface area contributed by atoms with Crippen molar-refractivity contribution in [2.45, 2.75) is 0 Å². The van der Waals surface area contributed by atoms with Gasteiger partial charge in [-0.25, -0.2) is 14.0 Å². The van der Waals surface area contributed by atoms with Gasteiger partial charge in [0.05, 0.1) is 18.2 Å². The number of methoxy groups -OCH3 is 1. The number of aromatic carboxylic acids is 1. The molecule has 5 heteroatoms. The highest BCUT2D eigenvalue weighted by molar-refractivity contribution is 5.97. The molecule has 0 aliphatic rings. The molecule has 2 rings (SSSR count). The second-order valence-corrected chi connectivity index (χ2v) is 4.05. The van der Waals surface area contributed by atoms with Crippen LogP contribution >= 0.6 is 0 Å². The molecule has 0 heterocycles. The fourth-order valence-electron chi connectivity index (χ4n) is 1.84. The summed E-state index contributed by atoms with van der Waals surface area (Å²) in [5.41, 5.74) is 0.156. The molecule has 0 amide bonds. The van der Waals surface area contributed by atoms with Crippen LogP contribution in [0.5, 0.6) is 0 Å². The summed E-state index contributed by atoms with van der Waals surface area (Å²) in [6.07, 6.45) is 0. The lowest BCUT2D eigenvalue weighted by molar-refractivity contribution is 0.0595. The zero-order chi connectivity index (χ0) is 14.7. The van der Waals surface area contributed by atoms with Gasteiger partial charge in [0.25, 0.3) is 0 Å². The highest BCUT2D eigenvalue weighted by Crippen LogP contribution is 2.25. The molecule has 0 bridgehead atoms. The summed E-state index contributed by atoms with van der Waals surface area (Å²) in [5.74, 6) is -3.45. The first kappa shape index (κ1) is 13.7. The molecule has 20 heavy (non-hydrogen) atoms. The van der Waals surface area contributed by atoms with Gasteiger partial charge in [0.2, 0.25) is 0 Å². The molecule has 2 aromatic carbocycles. The number of carbonyl (C=O) groups excluding carboxylic acids is 1. The van der Waals surface area contributed by atoms with Gasteiger partial charge in [0.15, 0.2) is 5.82 Å². The van der Waals surface area contributed by atoms with Crippen molar-refractivity contribution in [1.82, 2.24) is 0 Å². The Morgan fingerprint density at radius 1 is 1.05 bits per heavy atom. The van der Waals surface area contributed by atoms with Crippen molar-refractivity contribution in [2.24, 2.45) is 0 Å². The number of carboxylic acids is 1. The standard InChI is InChI=1S/C15H11FO4/c1-20-15(19)12-8-10(9-5-3-2-4-6-9)7-11(13(12)16)14(17)18/h2-8H,1H3,(H,17,18). The molecule has 0 unspecified atom stereocenters. The van der Waals surface area contributed by atoms with E-state index in [9.17, 15) is 14.0 Å². The lowest BCUT2D eigenvalue weighted by Crippen LogP contribution is -2.10. The van der Waals surface area contributed by atoms with Gasteiger partial charge in [-0.2, -0.15) is 0 Å². The Kier molecular flexibility index (Phi) is 3.79. The van der Waals surface area contributed by atoms with Crippen molar-refractivity contribution in [3.8, 4) is 11.1 Å². The van der Waals surface area contributed by atoms with E-state index in [4.69, 9.17) is 5.11 Å². The molecule has 0 aliphatic carbocycles. The highest BCUT2D eigenvalue weighted by atomic mass is 19.1. The Morgan fingerprint density at radius 2 is 1.65 bits per heavy atom. The number of ether oxygens (including phenoxy) is 1. The van der Waals surface area contributed by atoms with Crippen molar-refractivity contribution in [2.75, 3.05) is 7.11 Å². The Morgan fingerprint density at radius 3 is 2.20 bits per heavy atom. The number of rotatable bonds is 3. The Labute approximate surface area is 114 Å². The predicted molar refractivity (Wildman–Crippen MR) is 70.1 cm³/mol. The molecular weight excluding hydrogens is 263 g/mol. The fraction of sp³-hybridized carbons (Fsp3) is 0.0667. The minimum Gasteiger partial charge on any atom is -0.478 e. The Hall–Kier alpha value is -2.69. The maximum Gasteiger partial charge on any atom is 0.340 e. The van der Waals surface area contributed by atoms with Crippen LogP contribution in [0.25, 0.3) is 11.1 Å². The summed E-state index contributed by atoms with van der Waals surface area (Å²) in [4.78, 5) is 22.6. The van der Waals surface area contributed by atoms with Gasteiger partial charge in [-0.3, -0.25) is 0 Å². The third-order valence-electron chi connectivity index (χ3n) is 2.82. The van der Waals surface area contributed by atoms with Gasteiger partial charge in [-0.05, 0) is 23.3 Å². The van der Waals surface area contributed by atoms with Crippen molar-refractivity contribution in [3.63, 3.8) is 0 Å². The molecule has 0 atom stereocenters. The SMILES string of the molecule is COC(=O)c1cc(-c2ccccc2)cc(C(=O)O)c1F. The maximum absolute atomic E-state index is 14.0. The molecule has 0 radical (unpaired) electrons. The van der Waals surface area contributed by atoms with Crippen LogP contribution in [0.3, 0.4) is 0 Å². The van der Waals surface area contributed by atoms with Crippen molar-refractivity contribution < 1.29 is 23.8 Å². The molecular formula is C15H11FO4. The number of halogens is 1. The van der Waals surface area contributed by atoms with E-state index in [2.05, 4.69) is 4.74 Å². The van der Waals surface area contributed by atoms with Gasteiger partial charge in [-0.15, -0.1) is 0 Å². The maximum atomic E-state index is 14.0. The number of hydrogen-bond acceptors (Lipinski definition) is 3. The molecule has 0 aromatic heterocycles. The molecule has 0 saturated carbocycles. The molecule has 2 aromatic rings. The van der Waals surface area contributed by atoms with E-state index >= 15 is 0 Å². The molecule has 0 fully saturated rings. The van der Waals surface area contributed by atoms with E-state index < -0.39 is 28.9 Å². The average molecular weight is 274 g/mol. The molecule has 0 aliphatic heterocycles. The number of benzene rings is 2. The number of hydrogen-bond donors (Lipinski definition) is 1. The Bertz CT molecular complexity index is 665. The lowest BCUT2D eigenvalue weighted by Gasteiger charge is -2.08. The van der Waals surface area contributed by atoms with Gasteiger partial charge < -0.3 is 9.84 Å². The number of esters is 1. The van der Waals surface area contributed by atoms with Gasteiger partial charge in [-0.1, -0.05) is 30.3 Å². The minimum absolute atomic E-state index is 0.397. The normalized spacial score (nSPS) is 10.1. The van der Waals surface area contributed by atoms with E-state index in [1.165, 1.54) is 12.1 Å². The molecule has 0 spiro atoms. The summed E-state index contributed by atoms with van der Waals surface area (Å²) < 4.78 is 18.4. The van der Waals surface area contributed by atoms with Crippen LogP contribution in [0.2, 0.25) is 0 Å². The summed E-state index contributed by atoms with van der Waals surface area (Å²) in [5, 5.41) is 9.02. The molecule has 4 nitrogen and oxygen atoms in total. The largest absolute Gasteiger partial charge is 0.478 e. The van der Waals surface area contributed by atoms with E-state index in [0.717, 1.165) is 7.11 Å².